The van der Waals surface area contributed by atoms with Gasteiger partial charge in [-0.05, 0) is 0 Å². The summed E-state index contributed by atoms with van der Waals surface area (Å²) in [6.45, 7) is 11.5. The first-order chi connectivity index (χ1) is 3.68. The van der Waals surface area contributed by atoms with E-state index in [0.717, 1.165) is 5.38 Å². The van der Waals surface area contributed by atoms with Crippen LogP contribution in [0.3, 0.4) is 0 Å². The SMILES string of the molecule is C=COC(=C)[SiH](C)C. The van der Waals surface area contributed by atoms with Crippen LogP contribution < -0.4 is 0 Å². The van der Waals surface area contributed by atoms with E-state index in [9.17, 15) is 0 Å². The van der Waals surface area contributed by atoms with Gasteiger partial charge in [-0.25, -0.2) is 0 Å². The van der Waals surface area contributed by atoms with Crippen molar-refractivity contribution in [3.8, 4) is 0 Å². The summed E-state index contributed by atoms with van der Waals surface area (Å²) >= 11 is 0. The molecule has 0 aromatic carbocycles. The molecule has 0 bridgehead atoms. The van der Waals surface area contributed by atoms with E-state index in [1.54, 1.807) is 0 Å². The largest absolute Gasteiger partial charge is 0.476 e. The van der Waals surface area contributed by atoms with Gasteiger partial charge in [0.1, 0.15) is 8.80 Å². The minimum Gasteiger partial charge on any atom is -0.476 e. The molecular weight excluding hydrogens is 116 g/mol. The van der Waals surface area contributed by atoms with Gasteiger partial charge in [0.25, 0.3) is 0 Å². The van der Waals surface area contributed by atoms with E-state index in [1.165, 1.54) is 6.26 Å². The lowest BCUT2D eigenvalue weighted by Gasteiger charge is -2.04. The Labute approximate surface area is 52.3 Å². The Morgan fingerprint density at radius 2 is 2.12 bits per heavy atom. The van der Waals surface area contributed by atoms with Gasteiger partial charge in [-0.15, -0.1) is 0 Å². The highest BCUT2D eigenvalue weighted by Crippen LogP contribution is 1.98. The van der Waals surface area contributed by atoms with Crippen molar-refractivity contribution in [3.05, 3.63) is 24.8 Å². The zero-order valence-corrected chi connectivity index (χ0v) is 6.63. The predicted octanol–water partition coefficient (Wildman–Crippen LogP) is 1.69. The molecule has 0 rings (SSSR count). The number of ether oxygens (including phenoxy) is 1. The molecule has 0 saturated heterocycles. The average Bonchev–Trinajstić information content (AvgIpc) is 1.67. The van der Waals surface area contributed by atoms with Crippen LogP contribution in [0.25, 0.3) is 0 Å². The molecule has 0 spiro atoms. The van der Waals surface area contributed by atoms with Crippen LogP contribution >= 0.6 is 0 Å². The molecule has 8 heavy (non-hydrogen) atoms. The van der Waals surface area contributed by atoms with E-state index in [-0.39, 0.29) is 0 Å². The van der Waals surface area contributed by atoms with Crippen molar-refractivity contribution < 1.29 is 4.74 Å². The van der Waals surface area contributed by atoms with E-state index >= 15 is 0 Å². The Kier molecular flexibility index (Phi) is 3.27. The molecule has 1 nitrogen and oxygen atoms in total. The van der Waals surface area contributed by atoms with Crippen molar-refractivity contribution >= 4 is 8.80 Å². The average molecular weight is 128 g/mol. The van der Waals surface area contributed by atoms with E-state index in [0.29, 0.717) is 0 Å². The molecule has 0 aromatic heterocycles. The van der Waals surface area contributed by atoms with Gasteiger partial charge in [0.05, 0.1) is 11.6 Å². The van der Waals surface area contributed by atoms with Crippen molar-refractivity contribution in [2.75, 3.05) is 0 Å². The second-order valence-electron chi connectivity index (χ2n) is 1.91. The van der Waals surface area contributed by atoms with E-state index in [2.05, 4.69) is 26.3 Å². The second-order valence-corrected chi connectivity index (χ2v) is 4.86. The molecule has 0 atom stereocenters. The second kappa shape index (κ2) is 3.49. The number of hydrogen-bond donors (Lipinski definition) is 0. The fourth-order valence-electron chi connectivity index (χ4n) is 0.243. The van der Waals surface area contributed by atoms with E-state index in [4.69, 9.17) is 4.74 Å². The topological polar surface area (TPSA) is 9.23 Å². The van der Waals surface area contributed by atoms with Crippen LogP contribution in [0.15, 0.2) is 24.8 Å². The summed E-state index contributed by atoms with van der Waals surface area (Å²) in [6, 6.07) is 0. The molecule has 0 N–H and O–H groups in total. The molecule has 0 radical (unpaired) electrons. The number of rotatable bonds is 3. The summed E-state index contributed by atoms with van der Waals surface area (Å²) in [5.74, 6) is 0. The Morgan fingerprint density at radius 1 is 1.62 bits per heavy atom. The Balaban J connectivity index is 3.48. The summed E-state index contributed by atoms with van der Waals surface area (Å²) < 4.78 is 4.93. The molecular formula is C6H12OSi. The van der Waals surface area contributed by atoms with Gasteiger partial charge >= 0.3 is 0 Å². The summed E-state index contributed by atoms with van der Waals surface area (Å²) in [5, 5.41) is 0.903. The molecule has 0 fully saturated rings. The van der Waals surface area contributed by atoms with Gasteiger partial charge in [-0.3, -0.25) is 0 Å². The van der Waals surface area contributed by atoms with Crippen molar-refractivity contribution in [1.82, 2.24) is 0 Å². The van der Waals surface area contributed by atoms with Crippen LogP contribution in [0.1, 0.15) is 0 Å². The quantitative estimate of drug-likeness (QED) is 0.415. The van der Waals surface area contributed by atoms with Gasteiger partial charge in [0.2, 0.25) is 0 Å². The maximum absolute atomic E-state index is 4.93. The molecule has 0 amide bonds. The summed E-state index contributed by atoms with van der Waals surface area (Å²) in [5.41, 5.74) is 0. The third kappa shape index (κ3) is 2.63. The standard InChI is InChI=1S/C6H12OSi/c1-5-7-6(2)8(3)4/h5,8H,1-2H2,3-4H3. The Hall–Kier alpha value is -0.503. The van der Waals surface area contributed by atoms with E-state index in [1.807, 2.05) is 0 Å². The minimum atomic E-state index is -0.770. The molecule has 0 saturated carbocycles. The van der Waals surface area contributed by atoms with Crippen molar-refractivity contribution in [2.24, 2.45) is 0 Å². The van der Waals surface area contributed by atoms with Crippen LogP contribution in [-0.2, 0) is 4.74 Å². The Morgan fingerprint density at radius 3 is 2.25 bits per heavy atom. The molecule has 0 aliphatic carbocycles. The molecule has 0 aromatic rings. The third-order valence-corrected chi connectivity index (χ3v) is 2.30. The van der Waals surface area contributed by atoms with Crippen molar-refractivity contribution in [2.45, 2.75) is 13.1 Å². The summed E-state index contributed by atoms with van der Waals surface area (Å²) in [7, 11) is -0.770. The first-order valence-corrected chi connectivity index (χ1v) is 5.53. The molecule has 0 aliphatic heterocycles. The van der Waals surface area contributed by atoms with Crippen molar-refractivity contribution in [3.63, 3.8) is 0 Å². The normalized spacial score (nSPS) is 8.88. The first kappa shape index (κ1) is 7.50. The van der Waals surface area contributed by atoms with Crippen molar-refractivity contribution in [1.29, 1.82) is 0 Å². The maximum Gasteiger partial charge on any atom is 0.109 e. The molecule has 0 unspecified atom stereocenters. The fourth-order valence-corrected chi connectivity index (χ4v) is 0.612. The van der Waals surface area contributed by atoms with Crippen LogP contribution in [0.5, 0.6) is 0 Å². The van der Waals surface area contributed by atoms with Crippen LogP contribution in [0, 0.1) is 0 Å². The maximum atomic E-state index is 4.93. The van der Waals surface area contributed by atoms with Crippen LogP contribution in [0.2, 0.25) is 13.1 Å². The van der Waals surface area contributed by atoms with E-state index < -0.39 is 8.80 Å². The van der Waals surface area contributed by atoms with Gasteiger partial charge in [0, 0.05) is 0 Å². The Bertz CT molecular complexity index is 96.7. The molecule has 0 heterocycles. The highest BCUT2D eigenvalue weighted by molar-refractivity contribution is 6.63. The summed E-state index contributed by atoms with van der Waals surface area (Å²) in [6.07, 6.45) is 1.43. The molecule has 0 aliphatic rings. The monoisotopic (exact) mass is 128 g/mol. The fraction of sp³-hybridized carbons (Fsp3) is 0.333. The molecule has 46 valence electrons. The number of hydrogen-bond acceptors (Lipinski definition) is 1. The van der Waals surface area contributed by atoms with Gasteiger partial charge in [0.15, 0.2) is 0 Å². The van der Waals surface area contributed by atoms with Crippen LogP contribution in [0.4, 0.5) is 0 Å². The lowest BCUT2D eigenvalue weighted by atomic mass is 11.1. The highest BCUT2D eigenvalue weighted by atomic mass is 28.3. The van der Waals surface area contributed by atoms with Crippen LogP contribution in [-0.4, -0.2) is 8.80 Å². The highest BCUT2D eigenvalue weighted by Gasteiger charge is 1.98. The summed E-state index contributed by atoms with van der Waals surface area (Å²) in [4.78, 5) is 0. The minimum absolute atomic E-state index is 0.770. The van der Waals surface area contributed by atoms with Gasteiger partial charge in [-0.2, -0.15) is 0 Å². The van der Waals surface area contributed by atoms with Gasteiger partial charge in [-0.1, -0.05) is 26.3 Å². The smallest absolute Gasteiger partial charge is 0.109 e. The zero-order valence-electron chi connectivity index (χ0n) is 5.48. The lowest BCUT2D eigenvalue weighted by molar-refractivity contribution is 0.385. The zero-order chi connectivity index (χ0) is 6.57. The third-order valence-electron chi connectivity index (χ3n) is 0.879. The van der Waals surface area contributed by atoms with Gasteiger partial charge < -0.3 is 4.74 Å². The first-order valence-electron chi connectivity index (χ1n) is 2.65. The molecule has 2 heteroatoms. The predicted molar refractivity (Wildman–Crippen MR) is 39.3 cm³/mol. The lowest BCUT2D eigenvalue weighted by Crippen LogP contribution is -2.04.